The van der Waals surface area contributed by atoms with Crippen LogP contribution < -0.4 is 19.5 Å². The summed E-state index contributed by atoms with van der Waals surface area (Å²) in [4.78, 5) is 11.0. The Labute approximate surface area is 136 Å². The molecule has 0 saturated heterocycles. The molecule has 0 aliphatic carbocycles. The summed E-state index contributed by atoms with van der Waals surface area (Å²) >= 11 is 0. The molecule has 1 aliphatic heterocycles. The van der Waals surface area contributed by atoms with Crippen molar-refractivity contribution in [1.82, 2.24) is 5.32 Å². The molecule has 2 N–H and O–H groups in total. The van der Waals surface area contributed by atoms with Crippen LogP contribution in [-0.2, 0) is 4.79 Å². The molecule has 0 fully saturated rings. The molecule has 1 aromatic carbocycles. The topological polar surface area (TPSA) is 77.0 Å². The number of carboxylic acid groups (broad SMARTS) is 1. The van der Waals surface area contributed by atoms with E-state index in [1.165, 1.54) is 0 Å². The van der Waals surface area contributed by atoms with Crippen LogP contribution in [0.3, 0.4) is 0 Å². The van der Waals surface area contributed by atoms with Gasteiger partial charge < -0.3 is 24.6 Å². The molecule has 0 bridgehead atoms. The summed E-state index contributed by atoms with van der Waals surface area (Å²) in [5.41, 5.74) is 0. The van der Waals surface area contributed by atoms with Gasteiger partial charge in [-0.2, -0.15) is 0 Å². The summed E-state index contributed by atoms with van der Waals surface area (Å²) in [7, 11) is 0. The number of hydrogen-bond acceptors (Lipinski definition) is 5. The van der Waals surface area contributed by atoms with E-state index in [0.717, 1.165) is 24.3 Å². The van der Waals surface area contributed by atoms with Gasteiger partial charge in [0.15, 0.2) is 11.5 Å². The van der Waals surface area contributed by atoms with Crippen molar-refractivity contribution in [3.05, 3.63) is 18.2 Å². The highest BCUT2D eigenvalue weighted by Crippen LogP contribution is 2.35. The van der Waals surface area contributed by atoms with Crippen LogP contribution in [0.2, 0.25) is 0 Å². The van der Waals surface area contributed by atoms with Crippen molar-refractivity contribution in [1.29, 1.82) is 0 Å². The summed E-state index contributed by atoms with van der Waals surface area (Å²) in [6.07, 6.45) is 2.22. The lowest BCUT2D eigenvalue weighted by Gasteiger charge is -2.13. The first-order valence-corrected chi connectivity index (χ1v) is 7.19. The molecule has 1 unspecified atom stereocenters. The minimum Gasteiger partial charge on any atom is -0.493 e. The third kappa shape index (κ3) is 5.27. The maximum atomic E-state index is 11.0. The average molecular weight is 332 g/mol. The van der Waals surface area contributed by atoms with Crippen LogP contribution in [0.1, 0.15) is 26.2 Å². The van der Waals surface area contributed by atoms with E-state index in [2.05, 4.69) is 5.32 Å². The first-order valence-electron chi connectivity index (χ1n) is 7.19. The second-order valence-corrected chi connectivity index (χ2v) is 4.85. The fourth-order valence-corrected chi connectivity index (χ4v) is 2.11. The van der Waals surface area contributed by atoms with Gasteiger partial charge in [-0.15, -0.1) is 12.4 Å². The minimum atomic E-state index is -0.798. The van der Waals surface area contributed by atoms with Crippen molar-refractivity contribution in [3.63, 3.8) is 0 Å². The molecule has 0 saturated carbocycles. The van der Waals surface area contributed by atoms with E-state index in [-0.39, 0.29) is 19.2 Å². The Hall–Kier alpha value is -1.66. The van der Waals surface area contributed by atoms with Crippen molar-refractivity contribution in [2.75, 3.05) is 19.9 Å². The second kappa shape index (κ2) is 9.38. The number of ether oxygens (including phenoxy) is 3. The lowest BCUT2D eigenvalue weighted by Crippen LogP contribution is -2.37. The Bertz CT molecular complexity index is 483. The van der Waals surface area contributed by atoms with E-state index in [4.69, 9.17) is 19.3 Å². The minimum absolute atomic E-state index is 0. The molecule has 0 radical (unpaired) electrons. The molecule has 22 heavy (non-hydrogen) atoms. The van der Waals surface area contributed by atoms with Crippen LogP contribution in [-0.4, -0.2) is 37.1 Å². The molecule has 0 amide bonds. The van der Waals surface area contributed by atoms with Gasteiger partial charge in [0.2, 0.25) is 6.79 Å². The maximum absolute atomic E-state index is 11.0. The van der Waals surface area contributed by atoms with Crippen LogP contribution >= 0.6 is 12.4 Å². The molecule has 124 valence electrons. The van der Waals surface area contributed by atoms with Gasteiger partial charge in [-0.05, 0) is 31.5 Å². The summed E-state index contributed by atoms with van der Waals surface area (Å²) in [5, 5.41) is 12.0. The Morgan fingerprint density at radius 1 is 1.41 bits per heavy atom. The number of fused-ring (bicyclic) bond motifs is 1. The maximum Gasteiger partial charge on any atom is 0.320 e. The van der Waals surface area contributed by atoms with Gasteiger partial charge in [0.25, 0.3) is 0 Å². The zero-order chi connectivity index (χ0) is 15.1. The van der Waals surface area contributed by atoms with E-state index in [9.17, 15) is 4.79 Å². The van der Waals surface area contributed by atoms with Crippen molar-refractivity contribution in [2.24, 2.45) is 0 Å². The first-order chi connectivity index (χ1) is 10.2. The highest BCUT2D eigenvalue weighted by Gasteiger charge is 2.15. The van der Waals surface area contributed by atoms with Gasteiger partial charge >= 0.3 is 5.97 Å². The lowest BCUT2D eigenvalue weighted by atomic mass is 10.1. The van der Waals surface area contributed by atoms with Gasteiger partial charge in [-0.1, -0.05) is 13.3 Å². The number of nitrogens with one attached hydrogen (secondary N) is 1. The molecule has 7 heteroatoms. The molecule has 1 atom stereocenters. The van der Waals surface area contributed by atoms with Gasteiger partial charge in [0.1, 0.15) is 11.8 Å². The van der Waals surface area contributed by atoms with E-state index >= 15 is 0 Å². The third-order valence-electron chi connectivity index (χ3n) is 3.20. The number of rotatable bonds is 9. The number of carboxylic acids is 1. The standard InChI is InChI=1S/C15H21NO5.ClH/c1-2-4-12(15(17)18)16-7-3-8-19-11-5-6-13-14(9-11)21-10-20-13;/h5-6,9,12,16H,2-4,7-8,10H2,1H3,(H,17,18);1H. The molecule has 1 aliphatic rings. The Balaban J connectivity index is 0.00000242. The molecule has 1 aromatic rings. The molecular weight excluding hydrogens is 310 g/mol. The Morgan fingerprint density at radius 3 is 2.91 bits per heavy atom. The molecule has 6 nitrogen and oxygen atoms in total. The Morgan fingerprint density at radius 2 is 2.18 bits per heavy atom. The monoisotopic (exact) mass is 331 g/mol. The predicted molar refractivity (Wildman–Crippen MR) is 84.3 cm³/mol. The van der Waals surface area contributed by atoms with Crippen LogP contribution in [0.25, 0.3) is 0 Å². The molecular formula is C15H22ClNO5. The van der Waals surface area contributed by atoms with Gasteiger partial charge in [-0.25, -0.2) is 0 Å². The normalized spacial score (nSPS) is 13.3. The van der Waals surface area contributed by atoms with E-state index in [0.29, 0.717) is 25.3 Å². The van der Waals surface area contributed by atoms with E-state index in [1.54, 1.807) is 6.07 Å². The number of hydrogen-bond donors (Lipinski definition) is 2. The van der Waals surface area contributed by atoms with Crippen LogP contribution in [0.15, 0.2) is 18.2 Å². The first kappa shape index (κ1) is 18.4. The third-order valence-corrected chi connectivity index (χ3v) is 3.20. The summed E-state index contributed by atoms with van der Waals surface area (Å²) in [6, 6.07) is 4.98. The largest absolute Gasteiger partial charge is 0.493 e. The van der Waals surface area contributed by atoms with E-state index in [1.807, 2.05) is 19.1 Å². The predicted octanol–water partition coefficient (Wildman–Crippen LogP) is 2.45. The highest BCUT2D eigenvalue weighted by molar-refractivity contribution is 5.85. The van der Waals surface area contributed by atoms with E-state index < -0.39 is 12.0 Å². The fourth-order valence-electron chi connectivity index (χ4n) is 2.11. The van der Waals surface area contributed by atoms with Gasteiger partial charge in [0, 0.05) is 6.07 Å². The lowest BCUT2D eigenvalue weighted by molar-refractivity contribution is -0.139. The number of benzene rings is 1. The second-order valence-electron chi connectivity index (χ2n) is 4.85. The highest BCUT2D eigenvalue weighted by atomic mass is 35.5. The van der Waals surface area contributed by atoms with Crippen LogP contribution in [0.4, 0.5) is 0 Å². The summed E-state index contributed by atoms with van der Waals surface area (Å²) < 4.78 is 16.1. The molecule has 0 aromatic heterocycles. The number of carbonyl (C=O) groups is 1. The molecule has 1 heterocycles. The molecule has 0 spiro atoms. The van der Waals surface area contributed by atoms with Crippen molar-refractivity contribution < 1.29 is 24.1 Å². The number of aliphatic carboxylic acids is 1. The zero-order valence-corrected chi connectivity index (χ0v) is 13.4. The average Bonchev–Trinajstić information content (AvgIpc) is 2.93. The van der Waals surface area contributed by atoms with Crippen molar-refractivity contribution >= 4 is 18.4 Å². The quantitative estimate of drug-likeness (QED) is 0.677. The summed E-state index contributed by atoms with van der Waals surface area (Å²) in [6.45, 7) is 3.35. The summed E-state index contributed by atoms with van der Waals surface area (Å²) in [5.74, 6) is 1.35. The van der Waals surface area contributed by atoms with Crippen LogP contribution in [0, 0.1) is 0 Å². The van der Waals surface area contributed by atoms with Gasteiger partial charge in [-0.3, -0.25) is 4.79 Å². The van der Waals surface area contributed by atoms with Gasteiger partial charge in [0.05, 0.1) is 6.61 Å². The van der Waals surface area contributed by atoms with Crippen molar-refractivity contribution in [3.8, 4) is 17.2 Å². The smallest absolute Gasteiger partial charge is 0.320 e. The van der Waals surface area contributed by atoms with Crippen LogP contribution in [0.5, 0.6) is 17.2 Å². The van der Waals surface area contributed by atoms with Crippen molar-refractivity contribution in [2.45, 2.75) is 32.2 Å². The molecule has 2 rings (SSSR count). The Kier molecular flexibility index (Phi) is 7.84. The SMILES string of the molecule is CCCC(NCCCOc1ccc2c(c1)OCO2)C(=O)O.Cl. The fraction of sp³-hybridized carbons (Fsp3) is 0.533. The zero-order valence-electron chi connectivity index (χ0n) is 12.5. The number of halogens is 1.